The average Bonchev–Trinajstić information content (AvgIpc) is 3.21. The van der Waals surface area contributed by atoms with Crippen molar-refractivity contribution in [3.8, 4) is 0 Å². The van der Waals surface area contributed by atoms with Crippen LogP contribution in [0, 0.1) is 5.82 Å². The van der Waals surface area contributed by atoms with Gasteiger partial charge in [-0.05, 0) is 42.7 Å². The first-order chi connectivity index (χ1) is 11.7. The molecule has 1 fully saturated rings. The van der Waals surface area contributed by atoms with Crippen molar-refractivity contribution in [2.45, 2.75) is 25.3 Å². The zero-order valence-corrected chi connectivity index (χ0v) is 13.2. The highest BCUT2D eigenvalue weighted by atomic mass is 19.1. The van der Waals surface area contributed by atoms with Crippen LogP contribution in [0.5, 0.6) is 0 Å². The van der Waals surface area contributed by atoms with Gasteiger partial charge in [0.25, 0.3) is 0 Å². The van der Waals surface area contributed by atoms with Crippen molar-refractivity contribution in [2.75, 3.05) is 6.54 Å². The van der Waals surface area contributed by atoms with E-state index < -0.39 is 0 Å². The van der Waals surface area contributed by atoms with Crippen molar-refractivity contribution in [3.05, 3.63) is 65.7 Å². The maximum absolute atomic E-state index is 13.3. The Morgan fingerprint density at radius 3 is 2.96 bits per heavy atom. The van der Waals surface area contributed by atoms with E-state index in [2.05, 4.69) is 9.97 Å². The lowest BCUT2D eigenvalue weighted by Gasteiger charge is -2.23. The first-order valence-electron chi connectivity index (χ1n) is 8.19. The fraction of sp³-hybridized carbons (Fsp3) is 0.263. The van der Waals surface area contributed by atoms with Crippen LogP contribution in [0.3, 0.4) is 0 Å². The molecule has 0 aliphatic carbocycles. The van der Waals surface area contributed by atoms with E-state index in [9.17, 15) is 9.18 Å². The third-order valence-electron chi connectivity index (χ3n) is 4.54. The standard InChI is InChI=1S/C19H18FN3O/c20-14-6-3-5-13(11-14)12-18(24)23-10-4-9-17(23)19-21-15-7-1-2-8-16(15)22-19/h1-3,5-8,11,17H,4,9-10,12H2,(H,21,22)/t17-/m1/s1. The second-order valence-corrected chi connectivity index (χ2v) is 6.19. The molecular formula is C19H18FN3O. The lowest BCUT2D eigenvalue weighted by Crippen LogP contribution is -2.32. The molecule has 1 saturated heterocycles. The Bertz CT molecular complexity index is 856. The van der Waals surface area contributed by atoms with Crippen LogP contribution in [-0.4, -0.2) is 27.3 Å². The first kappa shape index (κ1) is 14.9. The van der Waals surface area contributed by atoms with Gasteiger partial charge in [-0.3, -0.25) is 4.79 Å². The lowest BCUT2D eigenvalue weighted by molar-refractivity contribution is -0.131. The summed E-state index contributed by atoms with van der Waals surface area (Å²) in [6.45, 7) is 0.718. The molecule has 4 nitrogen and oxygen atoms in total. The highest BCUT2D eigenvalue weighted by Crippen LogP contribution is 2.31. The van der Waals surface area contributed by atoms with Gasteiger partial charge in [-0.2, -0.15) is 0 Å². The normalized spacial score (nSPS) is 17.5. The maximum Gasteiger partial charge on any atom is 0.227 e. The third-order valence-corrected chi connectivity index (χ3v) is 4.54. The molecule has 1 aromatic heterocycles. The molecule has 1 amide bonds. The van der Waals surface area contributed by atoms with Crippen molar-refractivity contribution in [1.29, 1.82) is 0 Å². The summed E-state index contributed by atoms with van der Waals surface area (Å²) in [4.78, 5) is 22.5. The van der Waals surface area contributed by atoms with Gasteiger partial charge in [0, 0.05) is 6.54 Å². The Hall–Kier alpha value is -2.69. The number of halogens is 1. The number of likely N-dealkylation sites (tertiary alicyclic amines) is 1. The number of amides is 1. The number of benzene rings is 2. The van der Waals surface area contributed by atoms with Crippen LogP contribution in [0.4, 0.5) is 4.39 Å². The minimum absolute atomic E-state index is 0.0172. The van der Waals surface area contributed by atoms with Gasteiger partial charge in [-0.25, -0.2) is 9.37 Å². The molecule has 3 aromatic rings. The fourth-order valence-electron chi connectivity index (χ4n) is 3.40. The number of H-pyrrole nitrogens is 1. The van der Waals surface area contributed by atoms with E-state index in [4.69, 9.17) is 0 Å². The minimum atomic E-state index is -0.310. The molecule has 0 radical (unpaired) electrons. The van der Waals surface area contributed by atoms with Gasteiger partial charge in [0.2, 0.25) is 5.91 Å². The summed E-state index contributed by atoms with van der Waals surface area (Å²) in [6.07, 6.45) is 2.07. The van der Waals surface area contributed by atoms with E-state index in [1.54, 1.807) is 12.1 Å². The Morgan fingerprint density at radius 1 is 1.25 bits per heavy atom. The van der Waals surface area contributed by atoms with Crippen LogP contribution < -0.4 is 0 Å². The zero-order valence-electron chi connectivity index (χ0n) is 13.2. The highest BCUT2D eigenvalue weighted by Gasteiger charge is 2.31. The molecule has 122 valence electrons. The van der Waals surface area contributed by atoms with Gasteiger partial charge in [-0.15, -0.1) is 0 Å². The monoisotopic (exact) mass is 323 g/mol. The Kier molecular flexibility index (Phi) is 3.76. The molecule has 1 aliphatic heterocycles. The van der Waals surface area contributed by atoms with Crippen molar-refractivity contribution in [3.63, 3.8) is 0 Å². The number of rotatable bonds is 3. The summed E-state index contributed by atoms with van der Waals surface area (Å²) in [7, 11) is 0. The van der Waals surface area contributed by atoms with Crippen molar-refractivity contribution in [1.82, 2.24) is 14.9 Å². The number of carbonyl (C=O) groups excluding carboxylic acids is 1. The van der Waals surface area contributed by atoms with Crippen molar-refractivity contribution < 1.29 is 9.18 Å². The predicted octanol–water partition coefficient (Wildman–Crippen LogP) is 3.61. The number of hydrogen-bond donors (Lipinski definition) is 1. The quantitative estimate of drug-likeness (QED) is 0.800. The van der Waals surface area contributed by atoms with Crippen molar-refractivity contribution >= 4 is 16.9 Å². The number of aromatic nitrogens is 2. The van der Waals surface area contributed by atoms with Crippen LogP contribution in [0.15, 0.2) is 48.5 Å². The molecule has 0 saturated carbocycles. The first-order valence-corrected chi connectivity index (χ1v) is 8.19. The van der Waals surface area contributed by atoms with Crippen LogP contribution in [0.25, 0.3) is 11.0 Å². The number of imidazole rings is 1. The van der Waals surface area contributed by atoms with Crippen molar-refractivity contribution in [2.24, 2.45) is 0 Å². The molecule has 0 spiro atoms. The van der Waals surface area contributed by atoms with Gasteiger partial charge >= 0.3 is 0 Å². The molecule has 2 heterocycles. The van der Waals surface area contributed by atoms with E-state index in [1.807, 2.05) is 29.2 Å². The highest BCUT2D eigenvalue weighted by molar-refractivity contribution is 5.80. The number of para-hydroxylation sites is 2. The summed E-state index contributed by atoms with van der Waals surface area (Å²) >= 11 is 0. The Morgan fingerprint density at radius 2 is 2.12 bits per heavy atom. The van der Waals surface area contributed by atoms with E-state index in [0.717, 1.165) is 36.2 Å². The summed E-state index contributed by atoms with van der Waals surface area (Å²) < 4.78 is 13.3. The number of hydrogen-bond acceptors (Lipinski definition) is 2. The molecule has 1 atom stereocenters. The molecule has 4 rings (SSSR count). The Balaban J connectivity index is 1.56. The van der Waals surface area contributed by atoms with Gasteiger partial charge in [-0.1, -0.05) is 24.3 Å². The smallest absolute Gasteiger partial charge is 0.227 e. The van der Waals surface area contributed by atoms with E-state index in [1.165, 1.54) is 12.1 Å². The van der Waals surface area contributed by atoms with Gasteiger partial charge in [0.05, 0.1) is 23.5 Å². The molecule has 24 heavy (non-hydrogen) atoms. The summed E-state index contributed by atoms with van der Waals surface area (Å²) in [5, 5.41) is 0. The Labute approximate surface area is 139 Å². The van der Waals surface area contributed by atoms with Gasteiger partial charge < -0.3 is 9.88 Å². The number of nitrogens with zero attached hydrogens (tertiary/aromatic N) is 2. The topological polar surface area (TPSA) is 49.0 Å². The number of fused-ring (bicyclic) bond motifs is 1. The maximum atomic E-state index is 13.3. The van der Waals surface area contributed by atoms with Crippen LogP contribution >= 0.6 is 0 Å². The van der Waals surface area contributed by atoms with E-state index >= 15 is 0 Å². The van der Waals surface area contributed by atoms with Gasteiger partial charge in [0.15, 0.2) is 0 Å². The number of nitrogens with one attached hydrogen (secondary N) is 1. The minimum Gasteiger partial charge on any atom is -0.340 e. The lowest BCUT2D eigenvalue weighted by atomic mass is 10.1. The SMILES string of the molecule is O=C(Cc1cccc(F)c1)N1CCC[C@@H]1c1nc2ccccc2[nH]1. The molecule has 5 heteroatoms. The summed E-state index contributed by atoms with van der Waals surface area (Å²) in [5.74, 6) is 0.542. The molecule has 0 unspecified atom stereocenters. The molecule has 1 N–H and O–H groups in total. The molecular weight excluding hydrogens is 305 g/mol. The van der Waals surface area contributed by atoms with E-state index in [0.29, 0.717) is 5.56 Å². The largest absolute Gasteiger partial charge is 0.340 e. The van der Waals surface area contributed by atoms with Crippen LogP contribution in [0.2, 0.25) is 0 Å². The number of aromatic amines is 1. The summed E-state index contributed by atoms with van der Waals surface area (Å²) in [5.41, 5.74) is 2.60. The summed E-state index contributed by atoms with van der Waals surface area (Å²) in [6, 6.07) is 14.1. The zero-order chi connectivity index (χ0) is 16.5. The fourth-order valence-corrected chi connectivity index (χ4v) is 3.40. The second kappa shape index (κ2) is 6.07. The third kappa shape index (κ3) is 2.77. The van der Waals surface area contributed by atoms with Gasteiger partial charge in [0.1, 0.15) is 11.6 Å². The molecule has 2 aromatic carbocycles. The predicted molar refractivity (Wildman–Crippen MR) is 89.9 cm³/mol. The van der Waals surface area contributed by atoms with Crippen LogP contribution in [0.1, 0.15) is 30.3 Å². The van der Waals surface area contributed by atoms with E-state index in [-0.39, 0.29) is 24.2 Å². The molecule has 1 aliphatic rings. The van der Waals surface area contributed by atoms with Crippen LogP contribution in [-0.2, 0) is 11.2 Å². The number of carbonyl (C=O) groups is 1. The molecule has 0 bridgehead atoms. The second-order valence-electron chi connectivity index (χ2n) is 6.19. The average molecular weight is 323 g/mol.